The van der Waals surface area contributed by atoms with Crippen molar-refractivity contribution in [1.82, 2.24) is 25.4 Å². The standard InChI is InChI=1S/C16H24N6.HI/c1-4-17-16(18-11-15-21-19-12-22(15)5-2)20-13(3)14-9-7-6-8-10-14;/h6-10,12-13H,4-5,11H2,1-3H3,(H2,17,18,20);1H. The Labute approximate surface area is 154 Å². The van der Waals surface area contributed by atoms with E-state index in [1.54, 1.807) is 6.33 Å². The molecule has 23 heavy (non-hydrogen) atoms. The number of nitrogens with one attached hydrogen (secondary N) is 2. The molecule has 0 saturated heterocycles. The SMILES string of the molecule is CCNC(=NCc1nncn1CC)NC(C)c1ccccc1.I. The van der Waals surface area contributed by atoms with Gasteiger partial charge in [0.15, 0.2) is 11.8 Å². The van der Waals surface area contributed by atoms with E-state index < -0.39 is 0 Å². The van der Waals surface area contributed by atoms with Crippen molar-refractivity contribution in [2.45, 2.75) is 39.9 Å². The van der Waals surface area contributed by atoms with Crippen LogP contribution in [0, 0.1) is 0 Å². The normalized spacial score (nSPS) is 12.4. The maximum Gasteiger partial charge on any atom is 0.192 e. The summed E-state index contributed by atoms with van der Waals surface area (Å²) in [5.74, 6) is 1.65. The largest absolute Gasteiger partial charge is 0.357 e. The highest BCUT2D eigenvalue weighted by molar-refractivity contribution is 14.0. The van der Waals surface area contributed by atoms with E-state index in [4.69, 9.17) is 0 Å². The molecule has 0 saturated carbocycles. The summed E-state index contributed by atoms with van der Waals surface area (Å²) in [7, 11) is 0. The van der Waals surface area contributed by atoms with Crippen LogP contribution in [0.25, 0.3) is 0 Å². The van der Waals surface area contributed by atoms with Crippen LogP contribution in [0.3, 0.4) is 0 Å². The van der Waals surface area contributed by atoms with Crippen LogP contribution in [-0.4, -0.2) is 27.3 Å². The molecule has 0 aliphatic rings. The number of hydrogen-bond acceptors (Lipinski definition) is 3. The van der Waals surface area contributed by atoms with Gasteiger partial charge in [-0.25, -0.2) is 4.99 Å². The van der Waals surface area contributed by atoms with Gasteiger partial charge in [-0.15, -0.1) is 34.2 Å². The smallest absolute Gasteiger partial charge is 0.192 e. The predicted molar refractivity (Wildman–Crippen MR) is 104 cm³/mol. The first-order valence-electron chi connectivity index (χ1n) is 7.71. The summed E-state index contributed by atoms with van der Waals surface area (Å²) in [6, 6.07) is 10.5. The van der Waals surface area contributed by atoms with E-state index in [0.717, 1.165) is 24.9 Å². The van der Waals surface area contributed by atoms with Gasteiger partial charge in [0.25, 0.3) is 0 Å². The first kappa shape index (κ1) is 19.4. The lowest BCUT2D eigenvalue weighted by Gasteiger charge is -2.18. The molecule has 0 spiro atoms. The molecule has 0 radical (unpaired) electrons. The quantitative estimate of drug-likeness (QED) is 0.422. The van der Waals surface area contributed by atoms with Crippen LogP contribution in [0.1, 0.15) is 38.2 Å². The zero-order chi connectivity index (χ0) is 15.8. The van der Waals surface area contributed by atoms with Crippen LogP contribution in [0.15, 0.2) is 41.7 Å². The Morgan fingerprint density at radius 3 is 2.65 bits per heavy atom. The molecule has 0 aliphatic heterocycles. The van der Waals surface area contributed by atoms with Gasteiger partial charge in [-0.05, 0) is 26.3 Å². The minimum absolute atomic E-state index is 0. The van der Waals surface area contributed by atoms with Crippen molar-refractivity contribution in [2.75, 3.05) is 6.54 Å². The molecule has 0 fully saturated rings. The van der Waals surface area contributed by atoms with E-state index >= 15 is 0 Å². The minimum atomic E-state index is 0. The van der Waals surface area contributed by atoms with Crippen molar-refractivity contribution in [3.8, 4) is 0 Å². The van der Waals surface area contributed by atoms with E-state index in [1.165, 1.54) is 5.56 Å². The van der Waals surface area contributed by atoms with Gasteiger partial charge in [0.1, 0.15) is 12.9 Å². The van der Waals surface area contributed by atoms with Crippen LogP contribution < -0.4 is 10.6 Å². The minimum Gasteiger partial charge on any atom is -0.357 e. The summed E-state index contributed by atoms with van der Waals surface area (Å²) in [5, 5.41) is 14.7. The van der Waals surface area contributed by atoms with Crippen LogP contribution >= 0.6 is 24.0 Å². The van der Waals surface area contributed by atoms with Crippen molar-refractivity contribution in [1.29, 1.82) is 0 Å². The second-order valence-electron chi connectivity index (χ2n) is 5.01. The summed E-state index contributed by atoms with van der Waals surface area (Å²) >= 11 is 0. The Morgan fingerprint density at radius 2 is 2.00 bits per heavy atom. The summed E-state index contributed by atoms with van der Waals surface area (Å²) in [4.78, 5) is 4.60. The second kappa shape index (κ2) is 10.2. The summed E-state index contributed by atoms with van der Waals surface area (Å²) < 4.78 is 1.99. The molecule has 1 atom stereocenters. The van der Waals surface area contributed by atoms with Crippen molar-refractivity contribution in [2.24, 2.45) is 4.99 Å². The summed E-state index contributed by atoms with van der Waals surface area (Å²) in [6.07, 6.45) is 1.73. The molecule has 1 unspecified atom stereocenters. The number of halogens is 1. The van der Waals surface area contributed by atoms with E-state index in [9.17, 15) is 0 Å². The number of benzene rings is 1. The molecule has 1 aromatic heterocycles. The average Bonchev–Trinajstić information content (AvgIpc) is 3.01. The number of hydrogen-bond donors (Lipinski definition) is 2. The van der Waals surface area contributed by atoms with Gasteiger partial charge in [0, 0.05) is 13.1 Å². The fourth-order valence-electron chi connectivity index (χ4n) is 2.17. The van der Waals surface area contributed by atoms with Crippen molar-refractivity contribution in [3.63, 3.8) is 0 Å². The molecular weight excluding hydrogens is 403 g/mol. The van der Waals surface area contributed by atoms with E-state index in [0.29, 0.717) is 6.54 Å². The van der Waals surface area contributed by atoms with Crippen molar-refractivity contribution < 1.29 is 0 Å². The Hall–Kier alpha value is -1.64. The summed E-state index contributed by atoms with van der Waals surface area (Å²) in [6.45, 7) is 8.41. The second-order valence-corrected chi connectivity index (χ2v) is 5.01. The van der Waals surface area contributed by atoms with Crippen LogP contribution in [0.2, 0.25) is 0 Å². The highest BCUT2D eigenvalue weighted by atomic mass is 127. The maximum atomic E-state index is 4.60. The number of nitrogens with zero attached hydrogens (tertiary/aromatic N) is 4. The molecule has 0 aliphatic carbocycles. The van der Waals surface area contributed by atoms with Gasteiger partial charge < -0.3 is 15.2 Å². The number of aryl methyl sites for hydroxylation is 1. The van der Waals surface area contributed by atoms with Crippen molar-refractivity contribution >= 4 is 29.9 Å². The molecule has 2 rings (SSSR count). The highest BCUT2D eigenvalue weighted by Crippen LogP contribution is 2.10. The zero-order valence-electron chi connectivity index (χ0n) is 13.9. The third-order valence-corrected chi connectivity index (χ3v) is 3.41. The average molecular weight is 428 g/mol. The van der Waals surface area contributed by atoms with Gasteiger partial charge in [0.05, 0.1) is 6.04 Å². The van der Waals surface area contributed by atoms with Crippen LogP contribution in [0.5, 0.6) is 0 Å². The third kappa shape index (κ3) is 5.81. The molecule has 0 bridgehead atoms. The van der Waals surface area contributed by atoms with E-state index in [1.807, 2.05) is 22.8 Å². The van der Waals surface area contributed by atoms with E-state index in [-0.39, 0.29) is 30.0 Å². The Balaban J connectivity index is 0.00000264. The molecule has 2 N–H and O–H groups in total. The third-order valence-electron chi connectivity index (χ3n) is 3.41. The molecular formula is C16H25IN6. The first-order chi connectivity index (χ1) is 10.7. The predicted octanol–water partition coefficient (Wildman–Crippen LogP) is 2.73. The number of aliphatic imine (C=N–C) groups is 1. The fourth-order valence-corrected chi connectivity index (χ4v) is 2.17. The lowest BCUT2D eigenvalue weighted by molar-refractivity contribution is 0.671. The van der Waals surface area contributed by atoms with Gasteiger partial charge >= 0.3 is 0 Å². The number of rotatable bonds is 6. The molecule has 1 heterocycles. The lowest BCUT2D eigenvalue weighted by Crippen LogP contribution is -2.38. The molecule has 0 amide bonds. The van der Waals surface area contributed by atoms with Crippen molar-refractivity contribution in [3.05, 3.63) is 48.0 Å². The van der Waals surface area contributed by atoms with Gasteiger partial charge in [0.2, 0.25) is 0 Å². The topological polar surface area (TPSA) is 67.1 Å². The van der Waals surface area contributed by atoms with Crippen LogP contribution in [-0.2, 0) is 13.1 Å². The van der Waals surface area contributed by atoms with Gasteiger partial charge in [-0.3, -0.25) is 0 Å². The lowest BCUT2D eigenvalue weighted by atomic mass is 10.1. The zero-order valence-corrected chi connectivity index (χ0v) is 16.2. The Bertz CT molecular complexity index is 596. The Kier molecular flexibility index (Phi) is 8.60. The van der Waals surface area contributed by atoms with Gasteiger partial charge in [-0.2, -0.15) is 0 Å². The van der Waals surface area contributed by atoms with Gasteiger partial charge in [-0.1, -0.05) is 30.3 Å². The highest BCUT2D eigenvalue weighted by Gasteiger charge is 2.08. The van der Waals surface area contributed by atoms with Crippen LogP contribution in [0.4, 0.5) is 0 Å². The molecule has 126 valence electrons. The molecule has 2 aromatic rings. The first-order valence-corrected chi connectivity index (χ1v) is 7.71. The Morgan fingerprint density at radius 1 is 1.26 bits per heavy atom. The maximum absolute atomic E-state index is 4.60. The molecule has 6 nitrogen and oxygen atoms in total. The molecule has 7 heteroatoms. The number of aromatic nitrogens is 3. The van der Waals surface area contributed by atoms with E-state index in [2.05, 4.69) is 58.7 Å². The summed E-state index contributed by atoms with van der Waals surface area (Å²) in [5.41, 5.74) is 1.23. The number of guanidine groups is 1. The molecule has 1 aromatic carbocycles. The fraction of sp³-hybridized carbons (Fsp3) is 0.438. The monoisotopic (exact) mass is 428 g/mol.